The normalized spacial score (nSPS) is 11.4. The van der Waals surface area contributed by atoms with Gasteiger partial charge < -0.3 is 9.15 Å². The first-order chi connectivity index (χ1) is 14.2. The van der Waals surface area contributed by atoms with Crippen molar-refractivity contribution in [3.05, 3.63) is 82.8 Å². The summed E-state index contributed by atoms with van der Waals surface area (Å²) in [5.41, 5.74) is 3.95. The Morgan fingerprint density at radius 1 is 0.862 bits per heavy atom. The number of para-hydroxylation sites is 1. The number of esters is 1. The maximum Gasteiger partial charge on any atom is 0.338 e. The molecule has 0 fully saturated rings. The summed E-state index contributed by atoms with van der Waals surface area (Å²) >= 11 is 3.55. The number of ether oxygens (including phenoxy) is 1. The van der Waals surface area contributed by atoms with Crippen LogP contribution in [-0.2, 0) is 4.74 Å². The molecule has 5 aromatic rings. The predicted molar refractivity (Wildman–Crippen MR) is 120 cm³/mol. The number of rotatable bonds is 3. The Kier molecular flexibility index (Phi) is 4.36. The smallest absolute Gasteiger partial charge is 0.338 e. The zero-order valence-corrected chi connectivity index (χ0v) is 17.3. The van der Waals surface area contributed by atoms with Crippen molar-refractivity contribution in [2.24, 2.45) is 0 Å². The second-order valence-electron chi connectivity index (χ2n) is 6.85. The summed E-state index contributed by atoms with van der Waals surface area (Å²) in [5.74, 6) is -0.330. The van der Waals surface area contributed by atoms with Crippen molar-refractivity contribution in [2.75, 3.05) is 6.61 Å². The summed E-state index contributed by atoms with van der Waals surface area (Å²) in [6.45, 7) is 2.14. The van der Waals surface area contributed by atoms with Crippen LogP contribution in [0.25, 0.3) is 43.8 Å². The number of hydrogen-bond acceptors (Lipinski definition) is 3. The fourth-order valence-electron chi connectivity index (χ4n) is 3.94. The van der Waals surface area contributed by atoms with E-state index in [4.69, 9.17) is 9.15 Å². The Morgan fingerprint density at radius 2 is 1.59 bits per heavy atom. The van der Waals surface area contributed by atoms with E-state index in [1.807, 2.05) is 55.5 Å². The van der Waals surface area contributed by atoms with Crippen LogP contribution in [0.5, 0.6) is 0 Å². The maximum absolute atomic E-state index is 12.6. The van der Waals surface area contributed by atoms with E-state index in [0.29, 0.717) is 12.2 Å². The number of furan rings is 1. The summed E-state index contributed by atoms with van der Waals surface area (Å²) in [6, 6.07) is 23.9. The average Bonchev–Trinajstić information content (AvgIpc) is 3.12. The largest absolute Gasteiger partial charge is 0.462 e. The van der Waals surface area contributed by atoms with Crippen LogP contribution in [0.2, 0.25) is 0 Å². The Labute approximate surface area is 176 Å². The first-order valence-electron chi connectivity index (χ1n) is 9.47. The lowest BCUT2D eigenvalue weighted by atomic mass is 9.92. The lowest BCUT2D eigenvalue weighted by molar-refractivity contribution is 0.0527. The van der Waals surface area contributed by atoms with Gasteiger partial charge in [0, 0.05) is 15.2 Å². The van der Waals surface area contributed by atoms with Gasteiger partial charge in [0.1, 0.15) is 11.2 Å². The molecule has 0 unspecified atom stereocenters. The van der Waals surface area contributed by atoms with E-state index in [0.717, 1.165) is 48.3 Å². The minimum absolute atomic E-state index is 0.330. The van der Waals surface area contributed by atoms with E-state index in [9.17, 15) is 4.79 Å². The molecular formula is C25H17BrO3. The molecule has 3 nitrogen and oxygen atoms in total. The third kappa shape index (κ3) is 2.91. The van der Waals surface area contributed by atoms with Crippen LogP contribution in [0, 0.1) is 0 Å². The van der Waals surface area contributed by atoms with Crippen molar-refractivity contribution >= 4 is 54.6 Å². The van der Waals surface area contributed by atoms with Crippen molar-refractivity contribution in [2.45, 2.75) is 6.92 Å². The lowest BCUT2D eigenvalue weighted by Crippen LogP contribution is -2.06. The van der Waals surface area contributed by atoms with Crippen molar-refractivity contribution in [3.63, 3.8) is 0 Å². The van der Waals surface area contributed by atoms with Gasteiger partial charge in [-0.3, -0.25) is 0 Å². The summed E-state index contributed by atoms with van der Waals surface area (Å²) in [7, 11) is 0. The minimum atomic E-state index is -0.330. The van der Waals surface area contributed by atoms with Gasteiger partial charge in [0.15, 0.2) is 0 Å². The molecule has 142 valence electrons. The quantitative estimate of drug-likeness (QED) is 0.273. The highest BCUT2D eigenvalue weighted by atomic mass is 79.9. The molecule has 0 radical (unpaired) electrons. The molecule has 0 spiro atoms. The van der Waals surface area contributed by atoms with E-state index < -0.39 is 0 Å². The molecule has 4 heteroatoms. The van der Waals surface area contributed by atoms with Gasteiger partial charge in [-0.25, -0.2) is 4.79 Å². The van der Waals surface area contributed by atoms with Crippen molar-refractivity contribution in [1.82, 2.24) is 0 Å². The van der Waals surface area contributed by atoms with Crippen LogP contribution in [0.15, 0.2) is 81.7 Å². The number of halogens is 1. The number of hydrogen-bond donors (Lipinski definition) is 0. The third-order valence-electron chi connectivity index (χ3n) is 5.15. The standard InChI is InChI=1S/C25H17BrO3/c1-2-28-25(27)18-12-11-15(26)13-20(18)21-14-23-24(17-8-4-3-7-16(17)21)19-9-5-6-10-22(19)29-23/h3-14H,2H2,1H3. The summed E-state index contributed by atoms with van der Waals surface area (Å²) in [5, 5.41) is 4.34. The molecule has 0 bridgehead atoms. The molecule has 0 aliphatic carbocycles. The van der Waals surface area contributed by atoms with E-state index in [2.05, 4.69) is 34.1 Å². The van der Waals surface area contributed by atoms with Crippen LogP contribution < -0.4 is 0 Å². The number of carbonyl (C=O) groups is 1. The van der Waals surface area contributed by atoms with Crippen molar-refractivity contribution in [1.29, 1.82) is 0 Å². The van der Waals surface area contributed by atoms with Crippen LogP contribution in [0.4, 0.5) is 0 Å². The molecule has 29 heavy (non-hydrogen) atoms. The average molecular weight is 445 g/mol. The predicted octanol–water partition coefficient (Wildman–Crippen LogP) is 7.35. The SMILES string of the molecule is CCOC(=O)c1ccc(Br)cc1-c1cc2oc3ccccc3c2c2ccccc12. The van der Waals surface area contributed by atoms with E-state index >= 15 is 0 Å². The maximum atomic E-state index is 12.6. The van der Waals surface area contributed by atoms with Gasteiger partial charge in [0.2, 0.25) is 0 Å². The topological polar surface area (TPSA) is 39.4 Å². The number of fused-ring (bicyclic) bond motifs is 5. The van der Waals surface area contributed by atoms with Gasteiger partial charge in [-0.1, -0.05) is 58.4 Å². The molecule has 1 heterocycles. The first-order valence-corrected chi connectivity index (χ1v) is 10.3. The molecule has 0 aliphatic heterocycles. The molecule has 0 N–H and O–H groups in total. The monoisotopic (exact) mass is 444 g/mol. The van der Waals surface area contributed by atoms with E-state index in [1.54, 1.807) is 6.07 Å². The highest BCUT2D eigenvalue weighted by molar-refractivity contribution is 9.10. The fraction of sp³-hybridized carbons (Fsp3) is 0.0800. The molecule has 0 atom stereocenters. The zero-order valence-electron chi connectivity index (χ0n) is 15.7. The Hall–Kier alpha value is -3.11. The highest BCUT2D eigenvalue weighted by Crippen LogP contribution is 2.41. The third-order valence-corrected chi connectivity index (χ3v) is 5.65. The molecule has 0 amide bonds. The lowest BCUT2D eigenvalue weighted by Gasteiger charge is -2.13. The Balaban J connectivity index is 1.90. The summed E-state index contributed by atoms with van der Waals surface area (Å²) in [4.78, 5) is 12.6. The van der Waals surface area contributed by atoms with Gasteiger partial charge in [0.25, 0.3) is 0 Å². The first kappa shape index (κ1) is 18.0. The molecule has 0 aliphatic rings. The van der Waals surface area contributed by atoms with E-state index in [1.165, 1.54) is 0 Å². The molecule has 0 saturated carbocycles. The molecule has 4 aromatic carbocycles. The summed E-state index contributed by atoms with van der Waals surface area (Å²) in [6.07, 6.45) is 0. The van der Waals surface area contributed by atoms with Crippen molar-refractivity contribution < 1.29 is 13.9 Å². The molecular weight excluding hydrogens is 428 g/mol. The number of carbonyl (C=O) groups excluding carboxylic acids is 1. The zero-order chi connectivity index (χ0) is 20.0. The van der Waals surface area contributed by atoms with E-state index in [-0.39, 0.29) is 5.97 Å². The highest BCUT2D eigenvalue weighted by Gasteiger charge is 2.19. The Morgan fingerprint density at radius 3 is 2.38 bits per heavy atom. The van der Waals surface area contributed by atoms with Crippen LogP contribution in [0.1, 0.15) is 17.3 Å². The number of benzene rings is 4. The molecule has 0 saturated heterocycles. The van der Waals surface area contributed by atoms with Gasteiger partial charge in [-0.2, -0.15) is 0 Å². The van der Waals surface area contributed by atoms with Gasteiger partial charge >= 0.3 is 5.97 Å². The van der Waals surface area contributed by atoms with Crippen LogP contribution in [0.3, 0.4) is 0 Å². The van der Waals surface area contributed by atoms with Crippen molar-refractivity contribution in [3.8, 4) is 11.1 Å². The Bertz CT molecular complexity index is 1400. The van der Waals surface area contributed by atoms with Gasteiger partial charge in [-0.05, 0) is 59.2 Å². The van der Waals surface area contributed by atoms with Gasteiger partial charge in [-0.15, -0.1) is 0 Å². The second-order valence-corrected chi connectivity index (χ2v) is 7.77. The second kappa shape index (κ2) is 7.05. The van der Waals surface area contributed by atoms with Gasteiger partial charge in [0.05, 0.1) is 12.2 Å². The fourth-order valence-corrected chi connectivity index (χ4v) is 4.30. The minimum Gasteiger partial charge on any atom is -0.462 e. The van der Waals surface area contributed by atoms with Crippen LogP contribution >= 0.6 is 15.9 Å². The van der Waals surface area contributed by atoms with Crippen LogP contribution in [-0.4, -0.2) is 12.6 Å². The summed E-state index contributed by atoms with van der Waals surface area (Å²) < 4.78 is 12.4. The molecule has 5 rings (SSSR count). The molecule has 1 aromatic heterocycles.